The van der Waals surface area contributed by atoms with Gasteiger partial charge >= 0.3 is 5.97 Å². The van der Waals surface area contributed by atoms with Crippen molar-refractivity contribution in [2.24, 2.45) is 0 Å². The van der Waals surface area contributed by atoms with Crippen LogP contribution in [0.1, 0.15) is 20.8 Å². The van der Waals surface area contributed by atoms with Gasteiger partial charge in [0, 0.05) is 0 Å². The van der Waals surface area contributed by atoms with E-state index in [4.69, 9.17) is 28.4 Å². The molecule has 0 saturated carbocycles. The first kappa shape index (κ1) is 36.3. The molecule has 12 N–H and O–H groups in total. The second kappa shape index (κ2) is 14.9. The van der Waals surface area contributed by atoms with Crippen LogP contribution in [0.3, 0.4) is 0 Å². The Labute approximate surface area is 244 Å². The molecule has 19 heteroatoms. The highest BCUT2D eigenvalue weighted by atomic mass is 16.8. The number of aliphatic hydroxyl groups is 11. The zero-order valence-corrected chi connectivity index (χ0v) is 23.4. The largest absolute Gasteiger partial charge is 0.479 e. The first-order chi connectivity index (χ1) is 20.0. The van der Waals surface area contributed by atoms with Crippen LogP contribution in [-0.2, 0) is 33.2 Å². The molecule has 0 aromatic heterocycles. The monoisotopic (exact) mass is 634 g/mol. The lowest BCUT2D eigenvalue weighted by atomic mass is 9.96. The molecule has 3 heterocycles. The van der Waals surface area contributed by atoms with E-state index in [1.165, 1.54) is 20.8 Å². The summed E-state index contributed by atoms with van der Waals surface area (Å²) in [5.74, 6) is -1.72. The van der Waals surface area contributed by atoms with Gasteiger partial charge in [0.25, 0.3) is 0 Å². The summed E-state index contributed by atoms with van der Waals surface area (Å²) < 4.78 is 33.1. The molecule has 0 amide bonds. The van der Waals surface area contributed by atoms with Gasteiger partial charge < -0.3 is 89.7 Å². The first-order valence-corrected chi connectivity index (χ1v) is 13.6. The summed E-state index contributed by atoms with van der Waals surface area (Å²) in [4.78, 5) is 11.5. The standard InChI is InChI=1S/C24H42O19/c1-5(26)9(27)12(30)8(4-25)40-23-19(14(32)10(28)6(2)38-23)43-24-20(15(33)11(29)7(3)39-24)42-22-17(35)13(31)16(34)18(41-22)21(36)37/h5-20,22-35H,4H2,1-3H3,(H,36,37)/t5-,6-,7-,8-,9-,10-,11-,12-,13-,14+,15+,16-,17+,18-,19+,20+,22-,23-,24-/m0/s1. The highest BCUT2D eigenvalue weighted by Gasteiger charge is 2.54. The van der Waals surface area contributed by atoms with Crippen molar-refractivity contribution >= 4 is 5.97 Å². The maximum absolute atomic E-state index is 11.5. The summed E-state index contributed by atoms with van der Waals surface area (Å²) >= 11 is 0. The maximum atomic E-state index is 11.5. The topological polar surface area (TPSA) is 315 Å². The lowest BCUT2D eigenvalue weighted by Gasteiger charge is -2.48. The van der Waals surface area contributed by atoms with Gasteiger partial charge in [0.2, 0.25) is 0 Å². The van der Waals surface area contributed by atoms with E-state index < -0.39 is 129 Å². The van der Waals surface area contributed by atoms with E-state index in [-0.39, 0.29) is 0 Å². The Kier molecular flexibility index (Phi) is 12.6. The molecule has 0 aromatic carbocycles. The van der Waals surface area contributed by atoms with Crippen molar-refractivity contribution < 1.29 is 94.5 Å². The Bertz CT molecular complexity index is 895. The van der Waals surface area contributed by atoms with Crippen molar-refractivity contribution in [3.63, 3.8) is 0 Å². The zero-order chi connectivity index (χ0) is 32.5. The van der Waals surface area contributed by atoms with Crippen LogP contribution in [0.4, 0.5) is 0 Å². The van der Waals surface area contributed by atoms with Crippen molar-refractivity contribution in [3.8, 4) is 0 Å². The molecule has 0 radical (unpaired) electrons. The third-order valence-corrected chi connectivity index (χ3v) is 7.68. The third kappa shape index (κ3) is 7.79. The minimum Gasteiger partial charge on any atom is -0.479 e. The number of carboxylic acid groups (broad SMARTS) is 1. The third-order valence-electron chi connectivity index (χ3n) is 7.68. The SMILES string of the molecule is C[C@H](O)[C@H](O)[C@@H](O)[C@H](CO)O[C@@H]1O[C@@H](C)[C@H](O)[C@@H](O)[C@H]1O[C@@H]1O[C@@H](C)[C@H](O)[C@@H](O)[C@H]1O[C@@H]1O[C@H](C(=O)O)[C@@H](O)[C@H](O)[C@H]1O. The number of hydrogen-bond donors (Lipinski definition) is 12. The summed E-state index contributed by atoms with van der Waals surface area (Å²) in [6.07, 6.45) is -33.5. The summed E-state index contributed by atoms with van der Waals surface area (Å²) in [6.45, 7) is 2.91. The van der Waals surface area contributed by atoms with E-state index >= 15 is 0 Å². The lowest BCUT2D eigenvalue weighted by Crippen LogP contribution is -2.66. The number of ether oxygens (including phenoxy) is 6. The molecule has 3 aliphatic rings. The number of carboxylic acids is 1. The second-order valence-electron chi connectivity index (χ2n) is 10.9. The van der Waals surface area contributed by atoms with Crippen LogP contribution in [0.15, 0.2) is 0 Å². The summed E-state index contributed by atoms with van der Waals surface area (Å²) in [5.41, 5.74) is 0. The van der Waals surface area contributed by atoms with Crippen LogP contribution >= 0.6 is 0 Å². The van der Waals surface area contributed by atoms with Gasteiger partial charge in [-0.1, -0.05) is 0 Å². The number of carbonyl (C=O) groups is 1. The molecule has 0 aliphatic carbocycles. The van der Waals surface area contributed by atoms with E-state index in [0.717, 1.165) is 0 Å². The van der Waals surface area contributed by atoms with Crippen molar-refractivity contribution in [1.29, 1.82) is 0 Å². The molecule has 43 heavy (non-hydrogen) atoms. The molecule has 19 nitrogen and oxygen atoms in total. The highest BCUT2D eigenvalue weighted by molar-refractivity contribution is 5.73. The Morgan fingerprint density at radius 3 is 1.65 bits per heavy atom. The molecule has 3 saturated heterocycles. The molecular weight excluding hydrogens is 592 g/mol. The quantitative estimate of drug-likeness (QED) is 0.100. The van der Waals surface area contributed by atoms with Crippen LogP contribution < -0.4 is 0 Å². The predicted octanol–water partition coefficient (Wildman–Crippen LogP) is -6.94. The Morgan fingerprint density at radius 1 is 0.674 bits per heavy atom. The normalized spacial score (nSPS) is 47.0. The minimum absolute atomic E-state index is 0.923. The Hall–Kier alpha value is -1.21. The minimum atomic E-state index is -2.08. The summed E-state index contributed by atoms with van der Waals surface area (Å²) in [7, 11) is 0. The number of aliphatic carboxylic acids is 1. The van der Waals surface area contributed by atoms with Gasteiger partial charge in [-0.25, -0.2) is 4.79 Å². The van der Waals surface area contributed by atoms with Crippen LogP contribution in [-0.4, -0.2) is 190 Å². The molecule has 3 aliphatic heterocycles. The molecule has 3 fully saturated rings. The number of hydrogen-bond acceptors (Lipinski definition) is 18. The van der Waals surface area contributed by atoms with Gasteiger partial charge in [-0.3, -0.25) is 0 Å². The van der Waals surface area contributed by atoms with E-state index in [2.05, 4.69) is 0 Å². The number of aliphatic hydroxyl groups excluding tert-OH is 11. The van der Waals surface area contributed by atoms with Gasteiger partial charge in [0.15, 0.2) is 25.0 Å². The van der Waals surface area contributed by atoms with Gasteiger partial charge in [0.05, 0.1) is 24.9 Å². The van der Waals surface area contributed by atoms with E-state index in [1.807, 2.05) is 0 Å². The molecule has 19 atom stereocenters. The smallest absolute Gasteiger partial charge is 0.335 e. The Morgan fingerprint density at radius 2 is 1.16 bits per heavy atom. The van der Waals surface area contributed by atoms with E-state index in [1.54, 1.807) is 0 Å². The van der Waals surface area contributed by atoms with Crippen molar-refractivity contribution in [1.82, 2.24) is 0 Å². The molecule has 0 spiro atoms. The average molecular weight is 635 g/mol. The van der Waals surface area contributed by atoms with Crippen molar-refractivity contribution in [2.45, 2.75) is 137 Å². The van der Waals surface area contributed by atoms with E-state index in [9.17, 15) is 66.1 Å². The summed E-state index contributed by atoms with van der Waals surface area (Å²) in [6, 6.07) is 0. The molecule has 3 rings (SSSR count). The van der Waals surface area contributed by atoms with Crippen LogP contribution in [0.5, 0.6) is 0 Å². The maximum Gasteiger partial charge on any atom is 0.335 e. The van der Waals surface area contributed by atoms with Gasteiger partial charge in [-0.2, -0.15) is 0 Å². The van der Waals surface area contributed by atoms with Crippen LogP contribution in [0.25, 0.3) is 0 Å². The lowest BCUT2D eigenvalue weighted by molar-refractivity contribution is -0.392. The first-order valence-electron chi connectivity index (χ1n) is 13.6. The van der Waals surface area contributed by atoms with Crippen molar-refractivity contribution in [3.05, 3.63) is 0 Å². The van der Waals surface area contributed by atoms with E-state index in [0.29, 0.717) is 0 Å². The fourth-order valence-electron chi connectivity index (χ4n) is 4.90. The molecule has 0 bridgehead atoms. The average Bonchev–Trinajstić information content (AvgIpc) is 2.95. The predicted molar refractivity (Wildman–Crippen MR) is 132 cm³/mol. The summed E-state index contributed by atoms with van der Waals surface area (Å²) in [5, 5.41) is 122. The van der Waals surface area contributed by atoms with Crippen LogP contribution in [0, 0.1) is 0 Å². The molecule has 252 valence electrons. The highest BCUT2D eigenvalue weighted by Crippen LogP contribution is 2.33. The second-order valence-corrected chi connectivity index (χ2v) is 10.9. The fraction of sp³-hybridized carbons (Fsp3) is 0.958. The van der Waals surface area contributed by atoms with Gasteiger partial charge in [-0.15, -0.1) is 0 Å². The fourth-order valence-corrected chi connectivity index (χ4v) is 4.90. The zero-order valence-electron chi connectivity index (χ0n) is 23.4. The molecule has 0 unspecified atom stereocenters. The van der Waals surface area contributed by atoms with Gasteiger partial charge in [-0.05, 0) is 20.8 Å². The Balaban J connectivity index is 1.89. The van der Waals surface area contributed by atoms with Gasteiger partial charge in [0.1, 0.15) is 73.2 Å². The molecular formula is C24H42O19. The van der Waals surface area contributed by atoms with Crippen LogP contribution in [0.2, 0.25) is 0 Å². The van der Waals surface area contributed by atoms with Crippen molar-refractivity contribution in [2.75, 3.05) is 6.61 Å². The number of rotatable bonds is 11. The molecule has 0 aromatic rings.